The summed E-state index contributed by atoms with van der Waals surface area (Å²) in [6, 6.07) is 1.90. The third kappa shape index (κ3) is 1.71. The number of nitrogens with one attached hydrogen (secondary N) is 1. The van der Waals surface area contributed by atoms with Gasteiger partial charge in [0.25, 0.3) is 0 Å². The van der Waals surface area contributed by atoms with E-state index in [1.807, 2.05) is 16.7 Å². The van der Waals surface area contributed by atoms with Crippen molar-refractivity contribution >= 4 is 17.1 Å². The van der Waals surface area contributed by atoms with Crippen LogP contribution in [0.3, 0.4) is 0 Å². The SMILES string of the molecule is O[C@@]1(c2cc(Cl)cn3cncc23)C[C@H]2CNC[C@H]2C1. The summed E-state index contributed by atoms with van der Waals surface area (Å²) in [6.07, 6.45) is 6.98. The lowest BCUT2D eigenvalue weighted by Gasteiger charge is -2.25. The number of imidazole rings is 1. The van der Waals surface area contributed by atoms with Crippen LogP contribution in [-0.4, -0.2) is 27.6 Å². The highest BCUT2D eigenvalue weighted by molar-refractivity contribution is 6.30. The van der Waals surface area contributed by atoms with Crippen molar-refractivity contribution in [3.63, 3.8) is 0 Å². The van der Waals surface area contributed by atoms with Gasteiger partial charge in [-0.3, -0.25) is 0 Å². The van der Waals surface area contributed by atoms with Crippen molar-refractivity contribution in [3.8, 4) is 0 Å². The van der Waals surface area contributed by atoms with E-state index >= 15 is 0 Å². The molecule has 0 unspecified atom stereocenters. The van der Waals surface area contributed by atoms with Crippen LogP contribution in [0.1, 0.15) is 18.4 Å². The molecule has 3 heterocycles. The highest BCUT2D eigenvalue weighted by Crippen LogP contribution is 2.48. The third-order valence-electron chi connectivity index (χ3n) is 4.67. The number of fused-ring (bicyclic) bond motifs is 2. The van der Waals surface area contributed by atoms with Crippen LogP contribution in [-0.2, 0) is 5.60 Å². The molecule has 4 nitrogen and oxygen atoms in total. The molecule has 2 aliphatic rings. The minimum absolute atomic E-state index is 0.576. The average molecular weight is 278 g/mol. The zero-order valence-electron chi connectivity index (χ0n) is 10.5. The fourth-order valence-electron chi connectivity index (χ4n) is 3.81. The molecule has 0 radical (unpaired) electrons. The maximum Gasteiger partial charge on any atom is 0.0992 e. The van der Waals surface area contributed by atoms with Crippen LogP contribution in [0.2, 0.25) is 5.02 Å². The Bertz CT molecular complexity index is 627. The first-order valence-electron chi connectivity index (χ1n) is 6.70. The van der Waals surface area contributed by atoms with Crippen molar-refractivity contribution < 1.29 is 5.11 Å². The largest absolute Gasteiger partial charge is 0.385 e. The number of hydrogen-bond donors (Lipinski definition) is 2. The van der Waals surface area contributed by atoms with E-state index in [9.17, 15) is 5.11 Å². The van der Waals surface area contributed by atoms with Gasteiger partial charge in [0.15, 0.2) is 0 Å². The molecule has 19 heavy (non-hydrogen) atoms. The van der Waals surface area contributed by atoms with Gasteiger partial charge in [0.1, 0.15) is 0 Å². The summed E-state index contributed by atoms with van der Waals surface area (Å²) < 4.78 is 1.89. The summed E-state index contributed by atoms with van der Waals surface area (Å²) in [5.41, 5.74) is 1.12. The fourth-order valence-corrected chi connectivity index (χ4v) is 4.02. The standard InChI is InChI=1S/C14H16ClN3O/c15-11-1-12(13-6-17-8-18(13)7-11)14(19)2-9-4-16-5-10(9)3-14/h1,6-10,16,19H,2-5H2/t9-,10+,14-. The molecule has 1 saturated heterocycles. The molecule has 100 valence electrons. The van der Waals surface area contributed by atoms with Crippen molar-refractivity contribution in [1.29, 1.82) is 0 Å². The number of pyridine rings is 1. The maximum absolute atomic E-state index is 11.1. The van der Waals surface area contributed by atoms with Gasteiger partial charge < -0.3 is 14.8 Å². The number of nitrogens with zero attached hydrogens (tertiary/aromatic N) is 2. The second-order valence-corrected chi connectivity index (χ2v) is 6.31. The topological polar surface area (TPSA) is 49.6 Å². The molecule has 2 fully saturated rings. The number of aromatic nitrogens is 2. The quantitative estimate of drug-likeness (QED) is 0.836. The van der Waals surface area contributed by atoms with Crippen LogP contribution in [0.5, 0.6) is 0 Å². The van der Waals surface area contributed by atoms with Crippen LogP contribution >= 0.6 is 11.6 Å². The number of aliphatic hydroxyl groups is 1. The molecule has 0 spiro atoms. The van der Waals surface area contributed by atoms with E-state index in [2.05, 4.69) is 10.3 Å². The van der Waals surface area contributed by atoms with Crippen LogP contribution < -0.4 is 5.32 Å². The molecule has 1 aliphatic heterocycles. The molecule has 1 saturated carbocycles. The smallest absolute Gasteiger partial charge is 0.0992 e. The van der Waals surface area contributed by atoms with Gasteiger partial charge in [-0.1, -0.05) is 11.6 Å². The van der Waals surface area contributed by atoms with Crippen LogP contribution in [0.15, 0.2) is 24.8 Å². The number of rotatable bonds is 1. The Kier molecular flexibility index (Phi) is 2.43. The van der Waals surface area contributed by atoms with Crippen molar-refractivity contribution in [3.05, 3.63) is 35.4 Å². The molecule has 1 aliphatic carbocycles. The minimum atomic E-state index is -0.760. The second kappa shape index (κ2) is 3.95. The first kappa shape index (κ1) is 11.7. The van der Waals surface area contributed by atoms with Crippen molar-refractivity contribution in [1.82, 2.24) is 14.7 Å². The van der Waals surface area contributed by atoms with Crippen molar-refractivity contribution in [2.45, 2.75) is 18.4 Å². The van der Waals surface area contributed by atoms with Crippen molar-refractivity contribution in [2.75, 3.05) is 13.1 Å². The Balaban J connectivity index is 1.83. The number of halogens is 1. The van der Waals surface area contributed by atoms with Gasteiger partial charge in [0.05, 0.1) is 28.7 Å². The summed E-state index contributed by atoms with van der Waals surface area (Å²) in [4.78, 5) is 4.16. The fraction of sp³-hybridized carbons (Fsp3) is 0.500. The zero-order chi connectivity index (χ0) is 13.0. The zero-order valence-corrected chi connectivity index (χ0v) is 11.3. The maximum atomic E-state index is 11.1. The summed E-state index contributed by atoms with van der Waals surface area (Å²) in [6.45, 7) is 2.03. The van der Waals surface area contributed by atoms with E-state index in [-0.39, 0.29) is 0 Å². The molecule has 0 bridgehead atoms. The molecule has 5 heteroatoms. The molecule has 0 amide bonds. The van der Waals surface area contributed by atoms with Gasteiger partial charge in [0, 0.05) is 11.8 Å². The Morgan fingerprint density at radius 3 is 2.84 bits per heavy atom. The van der Waals surface area contributed by atoms with Gasteiger partial charge in [-0.25, -0.2) is 4.98 Å². The normalized spacial score (nSPS) is 34.0. The van der Waals surface area contributed by atoms with Crippen LogP contribution in [0.4, 0.5) is 0 Å². The van der Waals surface area contributed by atoms with E-state index in [0.29, 0.717) is 16.9 Å². The van der Waals surface area contributed by atoms with E-state index < -0.39 is 5.60 Å². The van der Waals surface area contributed by atoms with Gasteiger partial charge in [0.2, 0.25) is 0 Å². The Labute approximate surface area is 116 Å². The van der Waals surface area contributed by atoms with E-state index in [1.165, 1.54) is 0 Å². The highest BCUT2D eigenvalue weighted by atomic mass is 35.5. The van der Waals surface area contributed by atoms with Gasteiger partial charge in [-0.2, -0.15) is 0 Å². The third-order valence-corrected chi connectivity index (χ3v) is 4.87. The molecular weight excluding hydrogens is 262 g/mol. The lowest BCUT2D eigenvalue weighted by Crippen LogP contribution is -2.26. The van der Waals surface area contributed by atoms with Gasteiger partial charge in [-0.05, 0) is 43.8 Å². The van der Waals surface area contributed by atoms with E-state index in [4.69, 9.17) is 11.6 Å². The lowest BCUT2D eigenvalue weighted by molar-refractivity contribution is 0.0370. The van der Waals surface area contributed by atoms with Crippen LogP contribution in [0, 0.1) is 11.8 Å². The van der Waals surface area contributed by atoms with Crippen molar-refractivity contribution in [2.24, 2.45) is 11.8 Å². The predicted octanol–water partition coefficient (Wildman–Crippen LogP) is 1.80. The first-order chi connectivity index (χ1) is 9.16. The van der Waals surface area contributed by atoms with Gasteiger partial charge in [-0.15, -0.1) is 0 Å². The highest BCUT2D eigenvalue weighted by Gasteiger charge is 2.47. The first-order valence-corrected chi connectivity index (χ1v) is 7.08. The Morgan fingerprint density at radius 1 is 1.37 bits per heavy atom. The second-order valence-electron chi connectivity index (χ2n) is 5.88. The van der Waals surface area contributed by atoms with Gasteiger partial charge >= 0.3 is 0 Å². The molecule has 2 N–H and O–H groups in total. The van der Waals surface area contributed by atoms with Crippen LogP contribution in [0.25, 0.3) is 5.52 Å². The molecule has 0 aromatic carbocycles. The Hall–Kier alpha value is -1.10. The molecule has 2 aromatic rings. The predicted molar refractivity (Wildman–Crippen MR) is 73.2 cm³/mol. The average Bonchev–Trinajstić information content (AvgIpc) is 3.01. The molecular formula is C14H16ClN3O. The summed E-state index contributed by atoms with van der Waals surface area (Å²) in [7, 11) is 0. The molecule has 4 rings (SSSR count). The summed E-state index contributed by atoms with van der Waals surface area (Å²) in [5, 5.41) is 15.1. The molecule has 3 atom stereocenters. The Morgan fingerprint density at radius 2 is 2.11 bits per heavy atom. The monoisotopic (exact) mass is 277 g/mol. The van der Waals surface area contributed by atoms with E-state index in [0.717, 1.165) is 37.0 Å². The summed E-state index contributed by atoms with van der Waals surface area (Å²) >= 11 is 6.17. The van der Waals surface area contributed by atoms with E-state index in [1.54, 1.807) is 12.5 Å². The number of hydrogen-bond acceptors (Lipinski definition) is 3. The summed E-state index contributed by atoms with van der Waals surface area (Å²) in [5.74, 6) is 1.15. The lowest BCUT2D eigenvalue weighted by atomic mass is 9.90. The minimum Gasteiger partial charge on any atom is -0.385 e. The molecule has 2 aromatic heterocycles.